The molecule has 1 aliphatic heterocycles. The number of pyridine rings is 1. The van der Waals surface area contributed by atoms with E-state index >= 15 is 0 Å². The average molecular weight is 400 g/mol. The molecular weight excluding hydrogens is 374 g/mol. The smallest absolute Gasteiger partial charge is 0.157 e. The van der Waals surface area contributed by atoms with Crippen LogP contribution in [0.15, 0.2) is 36.5 Å². The number of ether oxygens (including phenoxy) is 1. The topological polar surface area (TPSA) is 55.2 Å². The molecular formula is C21H26ClN5O. The third-order valence-corrected chi connectivity index (χ3v) is 5.58. The molecule has 1 unspecified atom stereocenters. The summed E-state index contributed by atoms with van der Waals surface area (Å²) in [5.41, 5.74) is 4.38. The summed E-state index contributed by atoms with van der Waals surface area (Å²) < 4.78 is 7.36. The van der Waals surface area contributed by atoms with Crippen LogP contribution in [0.25, 0.3) is 11.0 Å². The molecule has 1 N–H and O–H groups in total. The fourth-order valence-electron chi connectivity index (χ4n) is 3.83. The third kappa shape index (κ3) is 4.20. The van der Waals surface area contributed by atoms with E-state index in [2.05, 4.69) is 38.5 Å². The van der Waals surface area contributed by atoms with Crippen molar-refractivity contribution in [2.24, 2.45) is 7.05 Å². The Bertz CT molecular complexity index is 934. The molecule has 0 amide bonds. The number of benzene rings is 1. The van der Waals surface area contributed by atoms with Crippen LogP contribution in [0.5, 0.6) is 0 Å². The summed E-state index contributed by atoms with van der Waals surface area (Å²) in [5.74, 6) is 0. The first-order chi connectivity index (χ1) is 13.6. The lowest BCUT2D eigenvalue weighted by atomic mass is 10.0. The Kier molecular flexibility index (Phi) is 5.92. The van der Waals surface area contributed by atoms with Gasteiger partial charge in [-0.05, 0) is 36.2 Å². The number of nitrogens with zero attached hydrogens (tertiary/aromatic N) is 4. The van der Waals surface area contributed by atoms with Crippen LogP contribution in [0.4, 0.5) is 0 Å². The number of nitrogens with one attached hydrogen (secondary N) is 1. The second kappa shape index (κ2) is 8.57. The maximum Gasteiger partial charge on any atom is 0.157 e. The van der Waals surface area contributed by atoms with E-state index in [9.17, 15) is 0 Å². The van der Waals surface area contributed by atoms with Crippen molar-refractivity contribution in [1.29, 1.82) is 0 Å². The number of hydrogen-bond donors (Lipinski definition) is 1. The second-order valence-electron chi connectivity index (χ2n) is 7.27. The summed E-state index contributed by atoms with van der Waals surface area (Å²) >= 11 is 6.09. The molecule has 6 nitrogen and oxygen atoms in total. The van der Waals surface area contributed by atoms with Crippen LogP contribution in [0.1, 0.15) is 22.9 Å². The fraction of sp³-hybridized carbons (Fsp3) is 0.429. The van der Waals surface area contributed by atoms with E-state index in [0.29, 0.717) is 0 Å². The van der Waals surface area contributed by atoms with Crippen LogP contribution < -0.4 is 5.32 Å². The SMILES string of the molecule is Cc1nn(C)c2ncc(CNCC(c3ccc(Cl)cc3)N3CCOCC3)cc12. The van der Waals surface area contributed by atoms with Gasteiger partial charge in [-0.25, -0.2) is 4.98 Å². The lowest BCUT2D eigenvalue weighted by Crippen LogP contribution is -2.42. The van der Waals surface area contributed by atoms with Crippen LogP contribution >= 0.6 is 11.6 Å². The molecule has 2 aromatic heterocycles. The molecule has 1 atom stereocenters. The second-order valence-corrected chi connectivity index (χ2v) is 7.71. The van der Waals surface area contributed by atoms with Gasteiger partial charge in [-0.1, -0.05) is 23.7 Å². The maximum atomic E-state index is 6.09. The van der Waals surface area contributed by atoms with E-state index in [1.165, 1.54) is 11.1 Å². The van der Waals surface area contributed by atoms with Gasteiger partial charge in [0.25, 0.3) is 0 Å². The zero-order chi connectivity index (χ0) is 19.5. The van der Waals surface area contributed by atoms with Crippen LogP contribution in [0, 0.1) is 6.92 Å². The lowest BCUT2D eigenvalue weighted by molar-refractivity contribution is 0.0161. The summed E-state index contributed by atoms with van der Waals surface area (Å²) in [6.45, 7) is 7.10. The standard InChI is InChI=1S/C21H26ClN5O/c1-15-19-11-16(13-24-21(19)26(2)25-15)12-23-14-20(27-7-9-28-10-8-27)17-3-5-18(22)6-4-17/h3-6,11,13,20,23H,7-10,12,14H2,1-2H3. The Hall–Kier alpha value is -1.99. The molecule has 0 bridgehead atoms. The maximum absolute atomic E-state index is 6.09. The summed E-state index contributed by atoms with van der Waals surface area (Å²) in [7, 11) is 1.93. The summed E-state index contributed by atoms with van der Waals surface area (Å²) in [5, 5.41) is 9.95. The normalized spacial score (nSPS) is 16.5. The third-order valence-electron chi connectivity index (χ3n) is 5.33. The summed E-state index contributed by atoms with van der Waals surface area (Å²) in [4.78, 5) is 7.05. The molecule has 7 heteroatoms. The summed E-state index contributed by atoms with van der Waals surface area (Å²) in [6, 6.07) is 10.6. The van der Waals surface area contributed by atoms with Gasteiger partial charge in [-0.15, -0.1) is 0 Å². The van der Waals surface area contributed by atoms with Crippen molar-refractivity contribution in [2.45, 2.75) is 19.5 Å². The van der Waals surface area contributed by atoms with E-state index in [1.807, 2.05) is 37.0 Å². The fourth-order valence-corrected chi connectivity index (χ4v) is 3.96. The number of aromatic nitrogens is 3. The van der Waals surface area contributed by atoms with E-state index in [4.69, 9.17) is 16.3 Å². The minimum absolute atomic E-state index is 0.290. The zero-order valence-corrected chi connectivity index (χ0v) is 17.1. The molecule has 1 aromatic carbocycles. The number of aryl methyl sites for hydroxylation is 2. The minimum Gasteiger partial charge on any atom is -0.379 e. The molecule has 1 fully saturated rings. The van der Waals surface area contributed by atoms with E-state index in [-0.39, 0.29) is 6.04 Å². The van der Waals surface area contributed by atoms with Gasteiger partial charge < -0.3 is 10.1 Å². The van der Waals surface area contributed by atoms with Crippen LogP contribution in [-0.4, -0.2) is 52.5 Å². The Balaban J connectivity index is 1.46. The van der Waals surface area contributed by atoms with E-state index in [0.717, 1.165) is 61.1 Å². The molecule has 4 rings (SSSR count). The van der Waals surface area contributed by atoms with Crippen molar-refractivity contribution in [3.8, 4) is 0 Å². The molecule has 1 saturated heterocycles. The van der Waals surface area contributed by atoms with Gasteiger partial charge >= 0.3 is 0 Å². The number of fused-ring (bicyclic) bond motifs is 1. The number of hydrogen-bond acceptors (Lipinski definition) is 5. The Morgan fingerprint density at radius 1 is 1.21 bits per heavy atom. The molecule has 28 heavy (non-hydrogen) atoms. The number of rotatable bonds is 6. The van der Waals surface area contributed by atoms with Gasteiger partial charge in [0.1, 0.15) is 0 Å². The first-order valence-electron chi connectivity index (χ1n) is 9.68. The predicted molar refractivity (Wildman–Crippen MR) is 112 cm³/mol. The van der Waals surface area contributed by atoms with Crippen LogP contribution in [0.3, 0.4) is 0 Å². The molecule has 1 aliphatic rings. The quantitative estimate of drug-likeness (QED) is 0.690. The molecule has 148 valence electrons. The van der Waals surface area contributed by atoms with Crippen molar-refractivity contribution >= 4 is 22.6 Å². The van der Waals surface area contributed by atoms with Gasteiger partial charge in [0.05, 0.1) is 18.9 Å². The van der Waals surface area contributed by atoms with Gasteiger partial charge in [-0.2, -0.15) is 5.10 Å². The minimum atomic E-state index is 0.290. The molecule has 0 aliphatic carbocycles. The van der Waals surface area contributed by atoms with Crippen molar-refractivity contribution < 1.29 is 4.74 Å². The average Bonchev–Trinajstić information content (AvgIpc) is 3.00. The summed E-state index contributed by atoms with van der Waals surface area (Å²) in [6.07, 6.45) is 1.93. The van der Waals surface area contributed by atoms with Gasteiger partial charge in [0.2, 0.25) is 0 Å². The molecule has 3 aromatic rings. The highest BCUT2D eigenvalue weighted by molar-refractivity contribution is 6.30. The monoisotopic (exact) mass is 399 g/mol. The number of morpholine rings is 1. The first-order valence-corrected chi connectivity index (χ1v) is 10.1. The van der Waals surface area contributed by atoms with Crippen molar-refractivity contribution in [2.75, 3.05) is 32.8 Å². The van der Waals surface area contributed by atoms with Crippen molar-refractivity contribution in [3.05, 3.63) is 58.4 Å². The highest BCUT2D eigenvalue weighted by Crippen LogP contribution is 2.23. The highest BCUT2D eigenvalue weighted by Gasteiger charge is 2.22. The van der Waals surface area contributed by atoms with Crippen molar-refractivity contribution in [3.63, 3.8) is 0 Å². The van der Waals surface area contributed by atoms with Gasteiger partial charge in [0.15, 0.2) is 5.65 Å². The Morgan fingerprint density at radius 2 is 1.96 bits per heavy atom. The zero-order valence-electron chi connectivity index (χ0n) is 16.4. The number of halogens is 1. The Labute approximate surface area is 170 Å². The largest absolute Gasteiger partial charge is 0.379 e. The highest BCUT2D eigenvalue weighted by atomic mass is 35.5. The predicted octanol–water partition coefficient (Wildman–Crippen LogP) is 3.09. The van der Waals surface area contributed by atoms with Crippen LogP contribution in [0.2, 0.25) is 5.02 Å². The van der Waals surface area contributed by atoms with Crippen molar-refractivity contribution in [1.82, 2.24) is 25.0 Å². The lowest BCUT2D eigenvalue weighted by Gasteiger charge is -2.35. The Morgan fingerprint density at radius 3 is 2.71 bits per heavy atom. The molecule has 0 saturated carbocycles. The molecule has 3 heterocycles. The molecule has 0 spiro atoms. The first kappa shape index (κ1) is 19.3. The molecule has 0 radical (unpaired) electrons. The van der Waals surface area contributed by atoms with E-state index < -0.39 is 0 Å². The van der Waals surface area contributed by atoms with Gasteiger partial charge in [0, 0.05) is 55.9 Å². The van der Waals surface area contributed by atoms with Gasteiger partial charge in [-0.3, -0.25) is 9.58 Å². The van der Waals surface area contributed by atoms with E-state index in [1.54, 1.807) is 0 Å². The van der Waals surface area contributed by atoms with Crippen LogP contribution in [-0.2, 0) is 18.3 Å².